The number of unbranched alkanes of at least 4 members (excludes halogenated alkanes) is 11. The van der Waals surface area contributed by atoms with E-state index in [0.29, 0.717) is 17.4 Å². The minimum absolute atomic E-state index is 0. The van der Waals surface area contributed by atoms with Gasteiger partial charge in [0.1, 0.15) is 5.75 Å². The van der Waals surface area contributed by atoms with Crippen LogP contribution in [0.1, 0.15) is 102 Å². The Kier molecular flexibility index (Phi) is 17.5. The summed E-state index contributed by atoms with van der Waals surface area (Å²) in [5.74, 6) is 1.59. The number of hydrogen-bond donors (Lipinski definition) is 1. The standard InChI is InChI=1S/C33H47ClN2O2S.BrH/c1-3-4-5-6-7-8-9-10-11-12-13-16-21-38-32-20-19-28(22-30(32)34)23-33(37)35-31-18-15-14-17-29(31)24-36-26-39-25-27(36)2;/h14-15,17-20,22,25H,3-13,16,21,23-24,26H2,1-2H3,(H,35,37);1H. The van der Waals surface area contributed by atoms with Crippen LogP contribution in [0.2, 0.25) is 5.02 Å². The second kappa shape index (κ2) is 20.3. The molecule has 40 heavy (non-hydrogen) atoms. The molecule has 3 rings (SSSR count). The van der Waals surface area contributed by atoms with Crippen LogP contribution in [0.5, 0.6) is 5.75 Å². The first-order valence-electron chi connectivity index (χ1n) is 14.9. The van der Waals surface area contributed by atoms with E-state index in [2.05, 4.69) is 35.5 Å². The van der Waals surface area contributed by atoms with E-state index < -0.39 is 0 Å². The Morgan fingerprint density at radius 2 is 1.60 bits per heavy atom. The van der Waals surface area contributed by atoms with E-state index in [0.717, 1.165) is 35.7 Å². The summed E-state index contributed by atoms with van der Waals surface area (Å²) in [5.41, 5.74) is 4.11. The van der Waals surface area contributed by atoms with Crippen molar-refractivity contribution in [1.82, 2.24) is 4.90 Å². The highest BCUT2D eigenvalue weighted by Crippen LogP contribution is 2.28. The molecule has 0 aliphatic carbocycles. The summed E-state index contributed by atoms with van der Waals surface area (Å²) in [6, 6.07) is 13.7. The van der Waals surface area contributed by atoms with Gasteiger partial charge in [-0.25, -0.2) is 0 Å². The molecular formula is C33H48BrClN2O2S. The number of allylic oxidation sites excluding steroid dienone is 1. The topological polar surface area (TPSA) is 41.6 Å². The molecule has 4 nitrogen and oxygen atoms in total. The molecule has 7 heteroatoms. The Hall–Kier alpha value is -1.63. The van der Waals surface area contributed by atoms with Crippen molar-refractivity contribution in [1.29, 1.82) is 0 Å². The smallest absolute Gasteiger partial charge is 0.228 e. The molecule has 0 radical (unpaired) electrons. The van der Waals surface area contributed by atoms with Gasteiger partial charge in [0.05, 0.1) is 23.9 Å². The number of rotatable bonds is 19. The normalized spacial score (nSPS) is 12.7. The van der Waals surface area contributed by atoms with Gasteiger partial charge in [-0.15, -0.1) is 28.7 Å². The summed E-state index contributed by atoms with van der Waals surface area (Å²) in [5, 5.41) is 5.84. The van der Waals surface area contributed by atoms with E-state index in [1.165, 1.54) is 76.3 Å². The Balaban J connectivity index is 0.00000560. The Bertz CT molecular complexity index is 1050. The van der Waals surface area contributed by atoms with Crippen molar-refractivity contribution in [2.75, 3.05) is 17.8 Å². The van der Waals surface area contributed by atoms with E-state index in [9.17, 15) is 4.79 Å². The van der Waals surface area contributed by atoms with Gasteiger partial charge in [-0.1, -0.05) is 113 Å². The predicted octanol–water partition coefficient (Wildman–Crippen LogP) is 10.5. The maximum atomic E-state index is 12.8. The van der Waals surface area contributed by atoms with Gasteiger partial charge in [0, 0.05) is 17.9 Å². The molecule has 2 aromatic rings. The number of nitrogens with zero attached hydrogens (tertiary/aromatic N) is 1. The number of hydrogen-bond acceptors (Lipinski definition) is 4. The highest BCUT2D eigenvalue weighted by molar-refractivity contribution is 8.93. The van der Waals surface area contributed by atoms with E-state index >= 15 is 0 Å². The molecule has 0 fully saturated rings. The monoisotopic (exact) mass is 650 g/mol. The summed E-state index contributed by atoms with van der Waals surface area (Å²) in [7, 11) is 0. The lowest BCUT2D eigenvalue weighted by Gasteiger charge is -2.21. The zero-order chi connectivity index (χ0) is 27.7. The predicted molar refractivity (Wildman–Crippen MR) is 179 cm³/mol. The van der Waals surface area contributed by atoms with Crippen LogP contribution in [0.25, 0.3) is 0 Å². The van der Waals surface area contributed by atoms with Gasteiger partial charge in [0.15, 0.2) is 0 Å². The number of thioether (sulfide) groups is 1. The lowest BCUT2D eigenvalue weighted by molar-refractivity contribution is -0.115. The van der Waals surface area contributed by atoms with Crippen LogP contribution >= 0.6 is 40.3 Å². The zero-order valence-corrected chi connectivity index (χ0v) is 27.7. The molecule has 0 saturated heterocycles. The largest absolute Gasteiger partial charge is 0.492 e. The Morgan fingerprint density at radius 3 is 2.23 bits per heavy atom. The SMILES string of the molecule is Br.CCCCCCCCCCCCCCOc1ccc(CC(=O)Nc2ccccc2CN2CSC=C2C)cc1Cl. The van der Waals surface area contributed by atoms with Gasteiger partial charge in [-0.2, -0.15) is 0 Å². The third kappa shape index (κ3) is 12.9. The molecule has 1 heterocycles. The van der Waals surface area contributed by atoms with Gasteiger partial charge in [-0.05, 0) is 48.1 Å². The van der Waals surface area contributed by atoms with Crippen molar-refractivity contribution in [3.05, 3.63) is 69.7 Å². The third-order valence-corrected chi connectivity index (χ3v) is 8.52. The molecular weight excluding hydrogens is 604 g/mol. The summed E-state index contributed by atoms with van der Waals surface area (Å²) in [6.07, 6.45) is 16.2. The summed E-state index contributed by atoms with van der Waals surface area (Å²) < 4.78 is 5.93. The van der Waals surface area contributed by atoms with Crippen LogP contribution in [-0.2, 0) is 17.8 Å². The number of para-hydroxylation sites is 1. The molecule has 2 aromatic carbocycles. The van der Waals surface area contributed by atoms with Crippen LogP contribution in [0.3, 0.4) is 0 Å². The number of carbonyl (C=O) groups is 1. The minimum Gasteiger partial charge on any atom is -0.492 e. The molecule has 1 aliphatic heterocycles. The minimum atomic E-state index is -0.0493. The van der Waals surface area contributed by atoms with Gasteiger partial charge >= 0.3 is 0 Å². The number of ether oxygens (including phenoxy) is 1. The van der Waals surface area contributed by atoms with E-state index in [4.69, 9.17) is 16.3 Å². The highest BCUT2D eigenvalue weighted by atomic mass is 79.9. The average Bonchev–Trinajstić information content (AvgIpc) is 3.33. The second-order valence-electron chi connectivity index (χ2n) is 10.6. The fraction of sp³-hybridized carbons (Fsp3) is 0.545. The summed E-state index contributed by atoms with van der Waals surface area (Å²) >= 11 is 8.29. The van der Waals surface area contributed by atoms with Crippen LogP contribution in [0.4, 0.5) is 5.69 Å². The summed E-state index contributed by atoms with van der Waals surface area (Å²) in [6.45, 7) is 5.85. The van der Waals surface area contributed by atoms with Gasteiger partial charge in [0.2, 0.25) is 5.91 Å². The van der Waals surface area contributed by atoms with Crippen molar-refractivity contribution in [3.63, 3.8) is 0 Å². The number of carbonyl (C=O) groups excluding carboxylic acids is 1. The first kappa shape index (κ1) is 34.6. The van der Waals surface area contributed by atoms with Crippen LogP contribution in [-0.4, -0.2) is 23.3 Å². The zero-order valence-electron chi connectivity index (χ0n) is 24.4. The second-order valence-corrected chi connectivity index (χ2v) is 11.9. The maximum absolute atomic E-state index is 12.8. The van der Waals surface area contributed by atoms with Crippen LogP contribution in [0, 0.1) is 0 Å². The molecule has 222 valence electrons. The lowest BCUT2D eigenvalue weighted by atomic mass is 10.1. The van der Waals surface area contributed by atoms with E-state index in [-0.39, 0.29) is 29.3 Å². The summed E-state index contributed by atoms with van der Waals surface area (Å²) in [4.78, 5) is 15.1. The fourth-order valence-electron chi connectivity index (χ4n) is 4.86. The third-order valence-electron chi connectivity index (χ3n) is 7.25. The molecule has 1 amide bonds. The fourth-order valence-corrected chi connectivity index (χ4v) is 6.05. The molecule has 0 atom stereocenters. The van der Waals surface area contributed by atoms with E-state index in [1.807, 2.05) is 36.4 Å². The molecule has 0 aromatic heterocycles. The Morgan fingerprint density at radius 1 is 0.950 bits per heavy atom. The average molecular weight is 652 g/mol. The molecule has 0 spiro atoms. The van der Waals surface area contributed by atoms with Crippen molar-refractivity contribution in [3.8, 4) is 5.75 Å². The molecule has 1 aliphatic rings. The van der Waals surface area contributed by atoms with Crippen LogP contribution in [0.15, 0.2) is 53.6 Å². The number of amides is 1. The number of nitrogens with one attached hydrogen (secondary N) is 1. The van der Waals surface area contributed by atoms with Gasteiger partial charge in [-0.3, -0.25) is 4.79 Å². The molecule has 0 bridgehead atoms. The molecule has 1 N–H and O–H groups in total. The van der Waals surface area contributed by atoms with Crippen LogP contribution < -0.4 is 10.1 Å². The van der Waals surface area contributed by atoms with Gasteiger partial charge < -0.3 is 15.0 Å². The molecule has 0 unspecified atom stereocenters. The number of benzene rings is 2. The van der Waals surface area contributed by atoms with Crippen molar-refractivity contribution >= 4 is 51.9 Å². The maximum Gasteiger partial charge on any atom is 0.228 e. The first-order valence-corrected chi connectivity index (χ1v) is 16.3. The first-order chi connectivity index (χ1) is 19.1. The quantitative estimate of drug-likeness (QED) is 0.154. The Labute approximate surface area is 262 Å². The van der Waals surface area contributed by atoms with Gasteiger partial charge in [0.25, 0.3) is 0 Å². The number of halogens is 2. The van der Waals surface area contributed by atoms with Crippen molar-refractivity contribution < 1.29 is 9.53 Å². The number of anilines is 1. The highest BCUT2D eigenvalue weighted by Gasteiger charge is 2.15. The molecule has 0 saturated carbocycles. The van der Waals surface area contributed by atoms with E-state index in [1.54, 1.807) is 11.8 Å². The van der Waals surface area contributed by atoms with Crippen molar-refractivity contribution in [2.45, 2.75) is 104 Å². The van der Waals surface area contributed by atoms with Crippen molar-refractivity contribution in [2.24, 2.45) is 0 Å². The lowest BCUT2D eigenvalue weighted by Crippen LogP contribution is -2.20.